The van der Waals surface area contributed by atoms with Crippen LogP contribution in [0.3, 0.4) is 0 Å². The highest BCUT2D eigenvalue weighted by molar-refractivity contribution is 5.84. The highest BCUT2D eigenvalue weighted by atomic mass is 16.6. The van der Waals surface area contributed by atoms with Crippen LogP contribution in [-0.2, 0) is 19.1 Å². The number of carbonyl (C=O) groups excluding carboxylic acids is 2. The Balaban J connectivity index is 5.36. The lowest BCUT2D eigenvalue weighted by atomic mass is 10.1. The number of carbonyl (C=O) groups is 3. The van der Waals surface area contributed by atoms with Gasteiger partial charge in [0.05, 0.1) is 0 Å². The second-order valence-corrected chi connectivity index (χ2v) is 7.69. The minimum absolute atomic E-state index is 0.244. The number of carboxylic acids is 1. The predicted octanol–water partition coefficient (Wildman–Crippen LogP) is 3.21. The maximum absolute atomic E-state index is 12.4. The van der Waals surface area contributed by atoms with E-state index < -0.39 is 41.8 Å². The number of nitrogens with zero attached hydrogens (tertiary/aromatic N) is 1. The van der Waals surface area contributed by atoms with Crippen molar-refractivity contribution in [1.82, 2.24) is 4.90 Å². The van der Waals surface area contributed by atoms with Gasteiger partial charge in [-0.15, -0.1) is 0 Å². The van der Waals surface area contributed by atoms with Gasteiger partial charge in [-0.05, 0) is 48.0 Å². The first-order valence-corrected chi connectivity index (χ1v) is 8.21. The fourth-order valence-electron chi connectivity index (χ4n) is 1.95. The molecule has 0 aromatic heterocycles. The number of unbranched alkanes of at least 4 members (excludes halogenated alkanes) is 1. The molecular formula is C17H31NO6. The van der Waals surface area contributed by atoms with Crippen LogP contribution in [0.1, 0.15) is 67.7 Å². The number of ether oxygens (including phenoxy) is 2. The SMILES string of the molecule is CCCCC(C(=O)O)N(CC(=O)OC(C)(C)C)C(=O)OC(C)(C)C. The molecule has 1 amide bonds. The van der Waals surface area contributed by atoms with Crippen molar-refractivity contribution in [2.45, 2.75) is 85.0 Å². The summed E-state index contributed by atoms with van der Waals surface area (Å²) in [5.74, 6) is -1.84. The second kappa shape index (κ2) is 8.89. The summed E-state index contributed by atoms with van der Waals surface area (Å²) in [6.07, 6.45) is 0.800. The molecule has 0 aliphatic heterocycles. The molecule has 24 heavy (non-hydrogen) atoms. The lowest BCUT2D eigenvalue weighted by molar-refractivity contribution is -0.158. The third-order valence-corrected chi connectivity index (χ3v) is 2.84. The molecule has 140 valence electrons. The van der Waals surface area contributed by atoms with Gasteiger partial charge in [0, 0.05) is 0 Å². The van der Waals surface area contributed by atoms with Crippen LogP contribution in [0, 0.1) is 0 Å². The summed E-state index contributed by atoms with van der Waals surface area (Å²) in [6, 6.07) is -1.13. The Bertz CT molecular complexity index is 447. The number of rotatable bonds is 7. The topological polar surface area (TPSA) is 93.1 Å². The summed E-state index contributed by atoms with van der Waals surface area (Å²) in [7, 11) is 0. The molecule has 1 N–H and O–H groups in total. The molecule has 0 spiro atoms. The molecule has 0 aromatic carbocycles. The molecule has 0 saturated carbocycles. The molecule has 0 fully saturated rings. The van der Waals surface area contributed by atoms with E-state index >= 15 is 0 Å². The Morgan fingerprint density at radius 2 is 1.50 bits per heavy atom. The second-order valence-electron chi connectivity index (χ2n) is 7.69. The van der Waals surface area contributed by atoms with Crippen LogP contribution in [-0.4, -0.2) is 51.8 Å². The number of carboxylic acid groups (broad SMARTS) is 1. The zero-order chi connectivity index (χ0) is 19.1. The summed E-state index contributed by atoms with van der Waals surface area (Å²) in [4.78, 5) is 37.0. The van der Waals surface area contributed by atoms with Gasteiger partial charge in [0.2, 0.25) is 0 Å². The summed E-state index contributed by atoms with van der Waals surface area (Å²) < 4.78 is 10.5. The van der Waals surface area contributed by atoms with Gasteiger partial charge in [0.15, 0.2) is 0 Å². The van der Waals surface area contributed by atoms with Gasteiger partial charge in [0.1, 0.15) is 23.8 Å². The van der Waals surface area contributed by atoms with Gasteiger partial charge < -0.3 is 14.6 Å². The number of esters is 1. The summed E-state index contributed by atoms with van der Waals surface area (Å²) in [5, 5.41) is 9.46. The molecule has 0 aliphatic rings. The first-order valence-electron chi connectivity index (χ1n) is 8.21. The van der Waals surface area contributed by atoms with Crippen molar-refractivity contribution in [3.8, 4) is 0 Å². The van der Waals surface area contributed by atoms with Crippen LogP contribution in [0.2, 0.25) is 0 Å². The minimum Gasteiger partial charge on any atom is -0.480 e. The molecule has 1 unspecified atom stereocenters. The third-order valence-electron chi connectivity index (χ3n) is 2.84. The van der Waals surface area contributed by atoms with E-state index in [0.717, 1.165) is 11.3 Å². The Hall–Kier alpha value is -1.79. The van der Waals surface area contributed by atoms with Crippen molar-refractivity contribution in [2.24, 2.45) is 0 Å². The molecular weight excluding hydrogens is 314 g/mol. The standard InChI is InChI=1S/C17H31NO6/c1-8-9-10-12(14(20)21)18(15(22)24-17(5,6)7)11-13(19)23-16(2,3)4/h12H,8-11H2,1-7H3,(H,20,21). The van der Waals surface area contributed by atoms with Crippen molar-refractivity contribution in [2.75, 3.05) is 6.54 Å². The van der Waals surface area contributed by atoms with Crippen molar-refractivity contribution >= 4 is 18.0 Å². The van der Waals surface area contributed by atoms with E-state index in [1.54, 1.807) is 41.5 Å². The molecule has 7 heteroatoms. The molecule has 1 atom stereocenters. The molecule has 0 rings (SSSR count). The number of hydrogen-bond acceptors (Lipinski definition) is 5. The fourth-order valence-corrected chi connectivity index (χ4v) is 1.95. The average Bonchev–Trinajstić information content (AvgIpc) is 2.32. The first-order chi connectivity index (χ1) is 10.8. The van der Waals surface area contributed by atoms with Gasteiger partial charge in [0.25, 0.3) is 0 Å². The molecule has 0 aliphatic carbocycles. The van der Waals surface area contributed by atoms with Crippen LogP contribution in [0.4, 0.5) is 4.79 Å². The highest BCUT2D eigenvalue weighted by Crippen LogP contribution is 2.17. The lowest BCUT2D eigenvalue weighted by Gasteiger charge is -2.31. The Morgan fingerprint density at radius 1 is 1.00 bits per heavy atom. The van der Waals surface area contributed by atoms with Gasteiger partial charge >= 0.3 is 18.0 Å². The van der Waals surface area contributed by atoms with E-state index in [-0.39, 0.29) is 6.42 Å². The van der Waals surface area contributed by atoms with Gasteiger partial charge in [-0.25, -0.2) is 9.59 Å². The maximum Gasteiger partial charge on any atom is 0.411 e. The van der Waals surface area contributed by atoms with E-state index in [2.05, 4.69) is 0 Å². The van der Waals surface area contributed by atoms with Crippen molar-refractivity contribution in [1.29, 1.82) is 0 Å². The Morgan fingerprint density at radius 3 is 1.88 bits per heavy atom. The smallest absolute Gasteiger partial charge is 0.411 e. The van der Waals surface area contributed by atoms with Crippen LogP contribution >= 0.6 is 0 Å². The fraction of sp³-hybridized carbons (Fsp3) is 0.824. The van der Waals surface area contributed by atoms with Gasteiger partial charge in [-0.1, -0.05) is 19.8 Å². The predicted molar refractivity (Wildman–Crippen MR) is 89.7 cm³/mol. The van der Waals surface area contributed by atoms with E-state index in [1.807, 2.05) is 6.92 Å². The quantitative estimate of drug-likeness (QED) is 0.712. The Labute approximate surface area is 144 Å². The minimum atomic E-state index is -1.17. The first kappa shape index (κ1) is 22.2. The monoisotopic (exact) mass is 345 g/mol. The maximum atomic E-state index is 12.4. The van der Waals surface area contributed by atoms with E-state index in [1.165, 1.54) is 0 Å². The van der Waals surface area contributed by atoms with E-state index in [4.69, 9.17) is 9.47 Å². The molecule has 0 radical (unpaired) electrons. The van der Waals surface area contributed by atoms with Crippen molar-refractivity contribution in [3.05, 3.63) is 0 Å². The van der Waals surface area contributed by atoms with Crippen LogP contribution < -0.4 is 0 Å². The molecule has 0 aromatic rings. The molecule has 0 heterocycles. The van der Waals surface area contributed by atoms with Crippen molar-refractivity contribution in [3.63, 3.8) is 0 Å². The van der Waals surface area contributed by atoms with Crippen LogP contribution in [0.25, 0.3) is 0 Å². The van der Waals surface area contributed by atoms with E-state index in [0.29, 0.717) is 6.42 Å². The number of aliphatic carboxylic acids is 1. The van der Waals surface area contributed by atoms with Crippen LogP contribution in [0.5, 0.6) is 0 Å². The number of amides is 1. The average molecular weight is 345 g/mol. The molecule has 0 saturated heterocycles. The number of hydrogen-bond donors (Lipinski definition) is 1. The van der Waals surface area contributed by atoms with Crippen molar-refractivity contribution < 1.29 is 29.0 Å². The summed E-state index contributed by atoms with van der Waals surface area (Å²) in [6.45, 7) is 11.6. The Kier molecular flexibility index (Phi) is 8.23. The largest absolute Gasteiger partial charge is 0.480 e. The van der Waals surface area contributed by atoms with Gasteiger partial charge in [-0.2, -0.15) is 0 Å². The van der Waals surface area contributed by atoms with Gasteiger partial charge in [-0.3, -0.25) is 9.69 Å². The summed E-state index contributed by atoms with van der Waals surface area (Å²) in [5.41, 5.74) is -1.52. The zero-order valence-electron chi connectivity index (χ0n) is 15.8. The lowest BCUT2D eigenvalue weighted by Crippen LogP contribution is -2.50. The third kappa shape index (κ3) is 9.37. The van der Waals surface area contributed by atoms with Crippen LogP contribution in [0.15, 0.2) is 0 Å². The molecule has 7 nitrogen and oxygen atoms in total. The molecule has 0 bridgehead atoms. The highest BCUT2D eigenvalue weighted by Gasteiger charge is 2.35. The zero-order valence-corrected chi connectivity index (χ0v) is 15.8. The van der Waals surface area contributed by atoms with E-state index in [9.17, 15) is 19.5 Å². The summed E-state index contributed by atoms with van der Waals surface area (Å²) >= 11 is 0. The normalized spacial score (nSPS) is 13.1.